The predicted molar refractivity (Wildman–Crippen MR) is 229 cm³/mol. The molecule has 0 spiro atoms. The van der Waals surface area contributed by atoms with E-state index in [-0.39, 0.29) is 39.5 Å². The summed E-state index contributed by atoms with van der Waals surface area (Å²) in [6.45, 7) is 13.6. The van der Waals surface area contributed by atoms with E-state index in [1.165, 1.54) is 18.2 Å². The second-order valence-electron chi connectivity index (χ2n) is 13.7. The van der Waals surface area contributed by atoms with Crippen molar-refractivity contribution in [3.8, 4) is 0 Å². The van der Waals surface area contributed by atoms with Gasteiger partial charge in [-0.2, -0.15) is 0 Å². The van der Waals surface area contributed by atoms with E-state index >= 15 is 0 Å². The first-order chi connectivity index (χ1) is 29.4. The summed E-state index contributed by atoms with van der Waals surface area (Å²) in [7, 11) is 0. The molecule has 61 heavy (non-hydrogen) atoms. The van der Waals surface area contributed by atoms with E-state index < -0.39 is 53.3 Å². The third kappa shape index (κ3) is 17.0. The molecule has 0 heterocycles. The zero-order chi connectivity index (χ0) is 44.5. The topological polar surface area (TPSA) is 158 Å². The Morgan fingerprint density at radius 1 is 0.639 bits per heavy atom. The molecule has 0 N–H and O–H groups in total. The van der Waals surface area contributed by atoms with E-state index in [1.54, 1.807) is 67.6 Å². The highest BCUT2D eigenvalue weighted by molar-refractivity contribution is 5.88. The van der Waals surface area contributed by atoms with E-state index in [0.29, 0.717) is 23.1 Å². The van der Waals surface area contributed by atoms with Gasteiger partial charge in [-0.05, 0) is 47.2 Å². The average molecular weight is 833 g/mol. The minimum atomic E-state index is -1.20. The first-order valence-electron chi connectivity index (χ1n) is 19.6. The lowest BCUT2D eigenvalue weighted by Crippen LogP contribution is -2.41. The van der Waals surface area contributed by atoms with Gasteiger partial charge in [0.1, 0.15) is 39.1 Å². The summed E-state index contributed by atoms with van der Waals surface area (Å²) in [5.74, 6) is -4.48. The third-order valence-corrected chi connectivity index (χ3v) is 9.21. The molecular formula is C49H52O12. The normalized spacial score (nSPS) is 12.2. The van der Waals surface area contributed by atoms with Crippen LogP contribution < -0.4 is 0 Å². The smallest absolute Gasteiger partial charge is 0.333 e. The molecule has 2 unspecified atom stereocenters. The number of carbonyl (C=O) groups is 6. The van der Waals surface area contributed by atoms with Gasteiger partial charge >= 0.3 is 35.8 Å². The van der Waals surface area contributed by atoms with Crippen molar-refractivity contribution in [1.29, 1.82) is 0 Å². The number of carbonyl (C=O) groups excluding carboxylic acids is 6. The molecule has 0 fully saturated rings. The van der Waals surface area contributed by atoms with Gasteiger partial charge in [0.05, 0.1) is 11.3 Å². The first kappa shape index (κ1) is 48.3. The molecule has 12 nitrogen and oxygen atoms in total. The van der Waals surface area contributed by atoms with Crippen molar-refractivity contribution in [2.24, 2.45) is 5.41 Å². The van der Waals surface area contributed by atoms with E-state index in [2.05, 4.69) is 19.7 Å². The van der Waals surface area contributed by atoms with Crippen LogP contribution in [0.15, 0.2) is 153 Å². The maximum atomic E-state index is 13.2. The highest BCUT2D eigenvalue weighted by atomic mass is 16.6. The maximum Gasteiger partial charge on any atom is 0.333 e. The average Bonchev–Trinajstić information content (AvgIpc) is 3.29. The lowest BCUT2D eigenvalue weighted by Gasteiger charge is -2.38. The molecule has 3 aromatic carbocycles. The van der Waals surface area contributed by atoms with Crippen LogP contribution in [-0.4, -0.2) is 62.2 Å². The highest BCUT2D eigenvalue weighted by Gasteiger charge is 2.44. The zero-order valence-electron chi connectivity index (χ0n) is 34.5. The number of ether oxygens (including phenoxy) is 6. The van der Waals surface area contributed by atoms with E-state index in [9.17, 15) is 28.8 Å². The Morgan fingerprint density at radius 2 is 1.20 bits per heavy atom. The molecule has 320 valence electrons. The molecular weight excluding hydrogens is 781 g/mol. The van der Waals surface area contributed by atoms with Gasteiger partial charge < -0.3 is 28.4 Å². The first-order valence-corrected chi connectivity index (χ1v) is 19.6. The summed E-state index contributed by atoms with van der Waals surface area (Å²) in [5, 5.41) is 0. The van der Waals surface area contributed by atoms with Gasteiger partial charge in [-0.25, -0.2) is 28.8 Å². The largest absolute Gasteiger partial charge is 0.462 e. The van der Waals surface area contributed by atoms with Crippen molar-refractivity contribution in [2.45, 2.75) is 51.7 Å². The number of benzene rings is 3. The summed E-state index contributed by atoms with van der Waals surface area (Å²) >= 11 is 0. The molecule has 0 aromatic heterocycles. The standard InChI is InChI=1S/C49H52O12/c1-6-19-36(5)48(55)58-31-38-21-18-20-37(30-38)28-29-45(53)57-33-41(39-22-12-10-13-23-39)32-56-44(52)26-16-17-27-46(54)61-47(40-24-14-11-15-25-40)49(9-4,34-59-42(50)7-2)35-60-43(51)8-3/h7-8,10-18,20-30,41,47H,2-3,5-6,9,19,31-35H2,1,4H3/b26-16+,27-17+,29-28+. The van der Waals surface area contributed by atoms with Crippen molar-refractivity contribution < 1.29 is 57.2 Å². The monoisotopic (exact) mass is 832 g/mol. The number of esters is 6. The van der Waals surface area contributed by atoms with Crippen molar-refractivity contribution in [1.82, 2.24) is 0 Å². The Bertz CT molecular complexity index is 2040. The minimum absolute atomic E-state index is 0.0634. The summed E-state index contributed by atoms with van der Waals surface area (Å²) < 4.78 is 33.0. The number of hydrogen-bond acceptors (Lipinski definition) is 12. The van der Waals surface area contributed by atoms with Gasteiger partial charge in [0.25, 0.3) is 0 Å². The SMILES string of the molecule is C=CC(=O)OCC(CC)(COC(=O)C=C)C(OC(=O)/C=C/C=C/C(=O)OCC(COC(=O)/C=C/c1cccc(COC(=O)C(=C)CCC)c1)c1ccccc1)c1ccccc1. The molecule has 0 aliphatic heterocycles. The summed E-state index contributed by atoms with van der Waals surface area (Å²) in [6, 6.07) is 25.0. The van der Waals surface area contributed by atoms with Crippen LogP contribution in [-0.2, 0) is 63.8 Å². The number of hydrogen-bond donors (Lipinski definition) is 0. The molecule has 2 atom stereocenters. The second-order valence-corrected chi connectivity index (χ2v) is 13.7. The maximum absolute atomic E-state index is 13.2. The van der Waals surface area contributed by atoms with Crippen molar-refractivity contribution in [2.75, 3.05) is 26.4 Å². The van der Waals surface area contributed by atoms with Crippen molar-refractivity contribution >= 4 is 41.9 Å². The summed E-state index contributed by atoms with van der Waals surface area (Å²) in [5.41, 5.74) is 1.99. The van der Waals surface area contributed by atoms with Crippen LogP contribution in [0.25, 0.3) is 6.08 Å². The fourth-order valence-corrected chi connectivity index (χ4v) is 5.76. The number of rotatable bonds is 25. The molecule has 0 saturated heterocycles. The quantitative estimate of drug-likeness (QED) is 0.0349. The molecule has 0 aliphatic carbocycles. The Labute approximate surface area is 356 Å². The lowest BCUT2D eigenvalue weighted by molar-refractivity contribution is -0.168. The Kier molecular flexibility index (Phi) is 20.7. The van der Waals surface area contributed by atoms with Crippen LogP contribution in [0.4, 0.5) is 0 Å². The second kappa shape index (κ2) is 26.1. The molecule has 0 bridgehead atoms. The molecule has 12 heteroatoms. The molecule has 3 rings (SSSR count). The third-order valence-electron chi connectivity index (χ3n) is 9.21. The summed E-state index contributed by atoms with van der Waals surface area (Å²) in [6.07, 6.45) is 10.2. The lowest BCUT2D eigenvalue weighted by atomic mass is 9.77. The fourth-order valence-electron chi connectivity index (χ4n) is 5.76. The molecule has 0 saturated carbocycles. The van der Waals surface area contributed by atoms with E-state index in [1.807, 2.05) is 37.3 Å². The molecule has 0 aliphatic rings. The minimum Gasteiger partial charge on any atom is -0.462 e. The molecule has 0 amide bonds. The zero-order valence-corrected chi connectivity index (χ0v) is 34.5. The van der Waals surface area contributed by atoms with Gasteiger partial charge in [0, 0.05) is 36.0 Å². The number of allylic oxidation sites excluding steroid dienone is 2. The predicted octanol–water partition coefficient (Wildman–Crippen LogP) is 8.22. The van der Waals surface area contributed by atoms with Crippen molar-refractivity contribution in [3.05, 3.63) is 175 Å². The summed E-state index contributed by atoms with van der Waals surface area (Å²) in [4.78, 5) is 74.9. The van der Waals surface area contributed by atoms with Crippen LogP contribution in [0.1, 0.15) is 67.4 Å². The van der Waals surface area contributed by atoms with Crippen LogP contribution in [0.5, 0.6) is 0 Å². The van der Waals surface area contributed by atoms with E-state index in [0.717, 1.165) is 41.9 Å². The van der Waals surface area contributed by atoms with Gasteiger partial charge in [-0.1, -0.05) is 131 Å². The van der Waals surface area contributed by atoms with Gasteiger partial charge in [-0.3, -0.25) is 0 Å². The fraction of sp³-hybridized carbons (Fsp3) is 0.265. The van der Waals surface area contributed by atoms with Crippen LogP contribution in [0, 0.1) is 5.41 Å². The highest BCUT2D eigenvalue weighted by Crippen LogP contribution is 2.41. The Morgan fingerprint density at radius 3 is 1.75 bits per heavy atom. The van der Waals surface area contributed by atoms with Crippen LogP contribution in [0.3, 0.4) is 0 Å². The molecule has 3 aromatic rings. The van der Waals surface area contributed by atoms with Gasteiger partial charge in [-0.15, -0.1) is 0 Å². The van der Waals surface area contributed by atoms with Crippen molar-refractivity contribution in [3.63, 3.8) is 0 Å². The van der Waals surface area contributed by atoms with Gasteiger partial charge in [0.2, 0.25) is 0 Å². The molecule has 0 radical (unpaired) electrons. The Balaban J connectivity index is 1.63. The van der Waals surface area contributed by atoms with Crippen LogP contribution in [0.2, 0.25) is 0 Å². The Hall–Kier alpha value is -7.08. The van der Waals surface area contributed by atoms with Gasteiger partial charge in [0.15, 0.2) is 0 Å². The van der Waals surface area contributed by atoms with E-state index in [4.69, 9.17) is 28.4 Å². The van der Waals surface area contributed by atoms with Crippen LogP contribution >= 0.6 is 0 Å².